The molecule has 0 rings (SSSR count). The number of nitrogens with two attached hydrogens (primary N) is 4. The average Bonchev–Trinajstić information content (AvgIpc) is 3.33. The number of aliphatic imine (C=N–C) groups is 1. The number of carboxylic acid groups (broad SMARTS) is 4. The molecule has 23 N–H and O–H groups in total. The predicted octanol–water partition coefficient (Wildman–Crippen LogP) is -9.03. The number of aliphatic hydroxyl groups is 2. The zero-order valence-electron chi connectivity index (χ0n) is 41.8. The average molecular weight is 1090 g/mol. The monoisotopic (exact) mass is 1090 g/mol. The summed E-state index contributed by atoms with van der Waals surface area (Å²) >= 11 is 0. The van der Waals surface area contributed by atoms with Crippen LogP contribution in [0.1, 0.15) is 85.0 Å². The third kappa shape index (κ3) is 27.7. The number of aliphatic carboxylic acids is 4. The molecule has 0 heterocycles. The first-order chi connectivity index (χ1) is 35.4. The minimum Gasteiger partial charge on any atom is -0.481 e. The van der Waals surface area contributed by atoms with Crippen molar-refractivity contribution in [3.8, 4) is 0 Å². The van der Waals surface area contributed by atoms with Gasteiger partial charge in [-0.05, 0) is 51.4 Å². The molecule has 428 valence electrons. The highest BCUT2D eigenvalue weighted by Gasteiger charge is 2.35. The number of carbonyl (C=O) groups excluding carboxylic acids is 10. The number of guanidine groups is 1. The number of carboxylic acids is 4. The van der Waals surface area contributed by atoms with Gasteiger partial charge in [0.2, 0.25) is 59.1 Å². The van der Waals surface area contributed by atoms with Crippen molar-refractivity contribution in [2.24, 2.45) is 33.8 Å². The van der Waals surface area contributed by atoms with Gasteiger partial charge in [-0.2, -0.15) is 0 Å². The zero-order valence-corrected chi connectivity index (χ0v) is 41.8. The number of nitrogens with zero attached hydrogens (tertiary/aromatic N) is 1. The minimum atomic E-state index is -1.87. The molecule has 34 heteroatoms. The van der Waals surface area contributed by atoms with Crippen LogP contribution in [0.3, 0.4) is 0 Å². The molecule has 0 bridgehead atoms. The number of rotatable bonds is 38. The van der Waals surface area contributed by atoms with Crippen molar-refractivity contribution in [1.82, 2.24) is 47.9 Å². The van der Waals surface area contributed by atoms with E-state index in [2.05, 4.69) is 47.5 Å². The van der Waals surface area contributed by atoms with Crippen LogP contribution in [0.5, 0.6) is 0 Å². The molecule has 0 spiro atoms. The molecular weight excluding hydrogens is 1020 g/mol. The van der Waals surface area contributed by atoms with Crippen molar-refractivity contribution in [1.29, 1.82) is 0 Å². The van der Waals surface area contributed by atoms with Gasteiger partial charge in [-0.15, -0.1) is 0 Å². The lowest BCUT2D eigenvalue weighted by Crippen LogP contribution is -2.60. The fraction of sp³-hybridized carbons (Fsp3) is 0.643. The highest BCUT2D eigenvalue weighted by molar-refractivity contribution is 5.98. The van der Waals surface area contributed by atoms with Crippen LogP contribution in [0.4, 0.5) is 0 Å². The number of aliphatic hydroxyl groups excluding tert-OH is 2. The Morgan fingerprint density at radius 2 is 0.882 bits per heavy atom. The lowest BCUT2D eigenvalue weighted by molar-refractivity contribution is -0.143. The summed E-state index contributed by atoms with van der Waals surface area (Å²) in [6, 6.07) is -14.7. The molecule has 0 aliphatic carbocycles. The molecule has 0 fully saturated rings. The summed E-state index contributed by atoms with van der Waals surface area (Å²) in [5.74, 6) is -18.0. The smallest absolute Gasteiger partial charge is 0.326 e. The van der Waals surface area contributed by atoms with Gasteiger partial charge in [-0.3, -0.25) is 67.3 Å². The molecule has 0 aliphatic rings. The summed E-state index contributed by atoms with van der Waals surface area (Å²) in [6.07, 6.45) is -5.17. The van der Waals surface area contributed by atoms with E-state index >= 15 is 0 Å². The van der Waals surface area contributed by atoms with Crippen molar-refractivity contribution in [3.63, 3.8) is 0 Å². The predicted molar refractivity (Wildman–Crippen MR) is 258 cm³/mol. The quantitative estimate of drug-likeness (QED) is 0.0155. The van der Waals surface area contributed by atoms with Crippen LogP contribution in [0, 0.1) is 5.92 Å². The summed E-state index contributed by atoms with van der Waals surface area (Å²) in [4.78, 5) is 180. The van der Waals surface area contributed by atoms with Gasteiger partial charge in [0.05, 0.1) is 19.8 Å². The highest BCUT2D eigenvalue weighted by atomic mass is 16.4. The molecule has 0 aromatic heterocycles. The Morgan fingerprint density at radius 1 is 0.461 bits per heavy atom. The van der Waals surface area contributed by atoms with Gasteiger partial charge >= 0.3 is 23.9 Å². The van der Waals surface area contributed by atoms with E-state index in [0.717, 1.165) is 0 Å². The summed E-state index contributed by atoms with van der Waals surface area (Å²) < 4.78 is 0. The maximum Gasteiger partial charge on any atom is 0.326 e. The van der Waals surface area contributed by atoms with Gasteiger partial charge in [0.25, 0.3) is 0 Å². The van der Waals surface area contributed by atoms with Crippen LogP contribution < -0.4 is 70.8 Å². The first-order valence-corrected chi connectivity index (χ1v) is 23.3. The molecule has 0 saturated heterocycles. The molecule has 0 saturated carbocycles. The maximum absolute atomic E-state index is 13.8. The molecule has 9 atom stereocenters. The minimum absolute atomic E-state index is 0.00220. The van der Waals surface area contributed by atoms with E-state index in [9.17, 15) is 87.5 Å². The normalized spacial score (nSPS) is 14.4. The Bertz CT molecular complexity index is 2120. The van der Waals surface area contributed by atoms with Crippen LogP contribution in [-0.2, 0) is 67.1 Å². The Morgan fingerprint density at radius 3 is 1.30 bits per heavy atom. The third-order valence-corrected chi connectivity index (χ3v) is 10.5. The zero-order chi connectivity index (χ0) is 58.4. The number of hydrogen-bond acceptors (Lipinski definition) is 18. The second kappa shape index (κ2) is 35.0. The second-order valence-electron chi connectivity index (χ2n) is 17.2. The van der Waals surface area contributed by atoms with Crippen LogP contribution in [0.2, 0.25) is 0 Å². The van der Waals surface area contributed by atoms with Crippen molar-refractivity contribution in [2.45, 2.75) is 139 Å². The van der Waals surface area contributed by atoms with Gasteiger partial charge < -0.3 is 101 Å². The number of carbonyl (C=O) groups is 14. The Kier molecular flexibility index (Phi) is 31.2. The molecule has 10 amide bonds. The number of nitrogens with one attached hydrogen (secondary N) is 9. The Labute approximate surface area is 433 Å². The molecule has 76 heavy (non-hydrogen) atoms. The Hall–Kier alpha value is -8.27. The van der Waals surface area contributed by atoms with Crippen LogP contribution in [0.25, 0.3) is 0 Å². The van der Waals surface area contributed by atoms with Gasteiger partial charge in [-0.1, -0.05) is 13.8 Å². The molecule has 0 aromatic rings. The third-order valence-electron chi connectivity index (χ3n) is 10.5. The van der Waals surface area contributed by atoms with Crippen LogP contribution in [0.15, 0.2) is 4.99 Å². The van der Waals surface area contributed by atoms with E-state index < -0.39 is 214 Å². The fourth-order valence-electron chi connectivity index (χ4n) is 6.29. The first kappa shape index (κ1) is 67.7. The summed E-state index contributed by atoms with van der Waals surface area (Å²) in [5.41, 5.74) is 21.2. The van der Waals surface area contributed by atoms with Crippen molar-refractivity contribution in [3.05, 3.63) is 0 Å². The van der Waals surface area contributed by atoms with E-state index in [0.29, 0.717) is 0 Å². The second-order valence-corrected chi connectivity index (χ2v) is 17.2. The lowest BCUT2D eigenvalue weighted by atomic mass is 10.0. The van der Waals surface area contributed by atoms with Gasteiger partial charge in [0.15, 0.2) is 5.96 Å². The molecule has 34 nitrogen and oxygen atoms in total. The van der Waals surface area contributed by atoms with Crippen LogP contribution in [-0.4, -0.2) is 200 Å². The number of hydrogen-bond donors (Lipinski definition) is 19. The summed E-state index contributed by atoms with van der Waals surface area (Å²) in [5, 5.41) is 76.2. The van der Waals surface area contributed by atoms with Crippen molar-refractivity contribution >= 4 is 88.9 Å². The molecule has 0 unspecified atom stereocenters. The highest BCUT2D eigenvalue weighted by Crippen LogP contribution is 2.10. The van der Waals surface area contributed by atoms with Crippen LogP contribution >= 0.6 is 0 Å². The lowest BCUT2D eigenvalue weighted by Gasteiger charge is -2.28. The summed E-state index contributed by atoms with van der Waals surface area (Å²) in [7, 11) is 0. The SMILES string of the molecule is CC(C)[C@H](NC(=O)[C@H](CCC(N)=O)NC(=O)[C@H](CCC(=O)O)NC(=O)CNC(=O)[C@H](CO)NC(=O)[C@H](CCC(=O)O)NC(=O)[C@H](C)NC(=O)[C@@H](N)CO)C(=O)N[C@@H](CCC(=O)O)C(=O)N[C@@H](CCCN=C(N)N)C(=O)O. The molecule has 0 radical (unpaired) electrons. The van der Waals surface area contributed by atoms with E-state index in [1.54, 1.807) is 0 Å². The largest absolute Gasteiger partial charge is 0.481 e. The van der Waals surface area contributed by atoms with E-state index in [1.165, 1.54) is 20.8 Å². The van der Waals surface area contributed by atoms with Gasteiger partial charge in [0, 0.05) is 32.2 Å². The fourth-order valence-corrected chi connectivity index (χ4v) is 6.29. The van der Waals surface area contributed by atoms with Crippen molar-refractivity contribution in [2.75, 3.05) is 26.3 Å². The topological polar surface area (TPSA) is 585 Å². The van der Waals surface area contributed by atoms with Crippen molar-refractivity contribution < 1.29 is 97.8 Å². The van der Waals surface area contributed by atoms with E-state index in [1.807, 2.05) is 5.32 Å². The number of amides is 10. The Balaban J connectivity index is 6.30. The standard InChI is InChI=1S/C42H70N14O20/c1-18(2)32(40(74)53-24(9-13-31(65)66)37(71)54-25(41(75)76)5-4-14-47-42(45)46)56-39(73)22(6-10-27(44)59)52-36(70)21(7-11-29(61)62)50-28(60)15-48-35(69)26(17-58)55-38(72)23(8-12-30(63)64)51-33(67)19(3)49-34(68)20(43)16-57/h18-26,32,57-58H,4-17,43H2,1-3H3,(H2,44,59)(H,48,69)(H,49,68)(H,50,60)(H,51,67)(H,52,70)(H,53,74)(H,54,71)(H,55,72)(H,56,73)(H,61,62)(H,63,64)(H,65,66)(H,75,76)(H4,45,46,47)/t19-,20-,21-,22-,23-,24-,25-,26-,32-/m0/s1. The van der Waals surface area contributed by atoms with E-state index in [4.69, 9.17) is 33.1 Å². The molecular formula is C42H70N14O20. The van der Waals surface area contributed by atoms with Gasteiger partial charge in [0.1, 0.15) is 54.4 Å². The maximum atomic E-state index is 13.8. The van der Waals surface area contributed by atoms with E-state index in [-0.39, 0.29) is 25.3 Å². The molecule has 0 aromatic carbocycles. The van der Waals surface area contributed by atoms with Gasteiger partial charge in [-0.25, -0.2) is 4.79 Å². The number of primary amides is 1. The first-order valence-electron chi connectivity index (χ1n) is 23.3. The summed E-state index contributed by atoms with van der Waals surface area (Å²) in [6.45, 7) is 1.10. The molecule has 0 aliphatic heterocycles.